The largest absolute Gasteiger partial charge is 0.373 e. The number of nitrogens with zero attached hydrogens (tertiary/aromatic N) is 4. The Kier molecular flexibility index (Phi) is 6.74. The Labute approximate surface area is 191 Å². The first kappa shape index (κ1) is 22.3. The molecular weight excluding hydrogens is 433 g/mol. The van der Waals surface area contributed by atoms with E-state index in [1.807, 2.05) is 13.8 Å². The molecule has 32 heavy (non-hydrogen) atoms. The molecule has 3 heterocycles. The van der Waals surface area contributed by atoms with Gasteiger partial charge in [0.25, 0.3) is 0 Å². The Morgan fingerprint density at radius 3 is 3.00 bits per heavy atom. The van der Waals surface area contributed by atoms with Gasteiger partial charge < -0.3 is 15.5 Å². The summed E-state index contributed by atoms with van der Waals surface area (Å²) in [4.78, 5) is 24.0. The highest BCUT2D eigenvalue weighted by molar-refractivity contribution is 6.30. The molecular formula is C22H27ClFN7O. The number of benzene rings is 1. The van der Waals surface area contributed by atoms with Crippen molar-refractivity contribution in [3.8, 4) is 0 Å². The molecule has 1 amide bonds. The van der Waals surface area contributed by atoms with E-state index in [1.165, 1.54) is 18.5 Å². The predicted molar refractivity (Wildman–Crippen MR) is 123 cm³/mol. The van der Waals surface area contributed by atoms with Crippen LogP contribution in [0.5, 0.6) is 0 Å². The summed E-state index contributed by atoms with van der Waals surface area (Å²) in [5.74, 6) is 0.308. The number of fused-ring (bicyclic) bond motifs is 1. The molecule has 1 aliphatic heterocycles. The Hall–Kier alpha value is -2.94. The van der Waals surface area contributed by atoms with Gasteiger partial charge in [-0.1, -0.05) is 31.9 Å². The number of nitrogens with one attached hydrogen (secondary N) is 3. The molecule has 3 atom stereocenters. The van der Waals surface area contributed by atoms with E-state index >= 15 is 0 Å². The summed E-state index contributed by atoms with van der Waals surface area (Å²) < 4.78 is 13.8. The molecule has 0 aliphatic carbocycles. The van der Waals surface area contributed by atoms with Gasteiger partial charge in [0, 0.05) is 29.8 Å². The quantitative estimate of drug-likeness (QED) is 0.497. The predicted octanol–water partition coefficient (Wildman–Crippen LogP) is 3.76. The van der Waals surface area contributed by atoms with Gasteiger partial charge in [0.15, 0.2) is 5.65 Å². The number of amides is 1. The first-order valence-electron chi connectivity index (χ1n) is 10.9. The molecule has 1 fully saturated rings. The number of piperidine rings is 1. The van der Waals surface area contributed by atoms with Gasteiger partial charge in [-0.25, -0.2) is 14.4 Å². The zero-order valence-corrected chi connectivity index (χ0v) is 18.9. The minimum atomic E-state index is -0.507. The second-order valence-corrected chi connectivity index (χ2v) is 8.73. The van der Waals surface area contributed by atoms with Crippen molar-refractivity contribution in [1.82, 2.24) is 25.5 Å². The normalized spacial score (nSPS) is 18.4. The molecule has 0 bridgehead atoms. The van der Waals surface area contributed by atoms with Crippen LogP contribution in [-0.4, -0.2) is 51.2 Å². The van der Waals surface area contributed by atoms with Crippen LogP contribution in [0.3, 0.4) is 0 Å². The summed E-state index contributed by atoms with van der Waals surface area (Å²) in [6.07, 6.45) is 5.84. The smallest absolute Gasteiger partial charge is 0.243 e. The summed E-state index contributed by atoms with van der Waals surface area (Å²) >= 11 is 5.99. The minimum absolute atomic E-state index is 0.0300. The van der Waals surface area contributed by atoms with Crippen LogP contribution < -0.4 is 15.5 Å². The van der Waals surface area contributed by atoms with Gasteiger partial charge in [0.05, 0.1) is 11.6 Å². The average Bonchev–Trinajstić information content (AvgIpc) is 3.25. The molecule has 2 aromatic heterocycles. The fourth-order valence-corrected chi connectivity index (χ4v) is 4.32. The first-order chi connectivity index (χ1) is 15.4. The highest BCUT2D eigenvalue weighted by Gasteiger charge is 2.29. The maximum atomic E-state index is 13.8. The highest BCUT2D eigenvalue weighted by atomic mass is 35.5. The molecule has 3 N–H and O–H groups in total. The zero-order valence-electron chi connectivity index (χ0n) is 18.1. The van der Waals surface area contributed by atoms with Gasteiger partial charge in [-0.3, -0.25) is 9.89 Å². The average molecular weight is 460 g/mol. The van der Waals surface area contributed by atoms with Gasteiger partial charge in [-0.05, 0) is 37.0 Å². The number of anilines is 2. The molecule has 4 rings (SSSR count). The number of aromatic amines is 1. The van der Waals surface area contributed by atoms with Gasteiger partial charge >= 0.3 is 0 Å². The van der Waals surface area contributed by atoms with Crippen molar-refractivity contribution in [3.05, 3.63) is 41.6 Å². The number of hydrogen-bond acceptors (Lipinski definition) is 6. The number of rotatable bonds is 7. The number of H-pyrrole nitrogens is 1. The summed E-state index contributed by atoms with van der Waals surface area (Å²) in [5.41, 5.74) is 1.18. The van der Waals surface area contributed by atoms with E-state index in [0.717, 1.165) is 37.0 Å². The Balaban J connectivity index is 1.47. The summed E-state index contributed by atoms with van der Waals surface area (Å²) in [6.45, 7) is 5.52. The maximum Gasteiger partial charge on any atom is 0.243 e. The maximum absolute atomic E-state index is 13.8. The second-order valence-electron chi connectivity index (χ2n) is 8.29. The molecule has 8 nitrogen and oxygen atoms in total. The molecule has 0 saturated carbocycles. The van der Waals surface area contributed by atoms with E-state index in [1.54, 1.807) is 12.3 Å². The molecule has 0 unspecified atom stereocenters. The standard InChI is InChI=1S/C22H27ClFN7O/c1-3-13(2)19(28-17-8-14(23)7-15(24)9-17)22(32)29-16-5-4-6-31(11-16)21-18-10-27-30-20(18)25-12-26-21/h7-10,12-13,16,19,28H,3-6,11H2,1-2H3,(H,29,32)(H,25,26,27,30)/t13-,16-,19-/m1/s1. The van der Waals surface area contributed by atoms with Crippen molar-refractivity contribution in [3.63, 3.8) is 0 Å². The number of hydrogen-bond donors (Lipinski definition) is 3. The van der Waals surface area contributed by atoms with Gasteiger partial charge in [0.1, 0.15) is 24.0 Å². The Bertz CT molecular complexity index is 1070. The van der Waals surface area contributed by atoms with Crippen LogP contribution in [-0.2, 0) is 4.79 Å². The number of carbonyl (C=O) groups is 1. The fourth-order valence-electron chi connectivity index (χ4n) is 4.10. The van der Waals surface area contributed by atoms with Crippen molar-refractivity contribution in [2.75, 3.05) is 23.3 Å². The van der Waals surface area contributed by atoms with E-state index in [2.05, 4.69) is 35.7 Å². The van der Waals surface area contributed by atoms with Crippen molar-refractivity contribution in [1.29, 1.82) is 0 Å². The third-order valence-electron chi connectivity index (χ3n) is 5.97. The molecule has 1 aromatic carbocycles. The van der Waals surface area contributed by atoms with Crippen LogP contribution in [0.15, 0.2) is 30.7 Å². The second kappa shape index (κ2) is 9.68. The van der Waals surface area contributed by atoms with Gasteiger partial charge in [-0.2, -0.15) is 5.10 Å². The first-order valence-corrected chi connectivity index (χ1v) is 11.2. The van der Waals surface area contributed by atoms with Crippen LogP contribution >= 0.6 is 11.6 Å². The van der Waals surface area contributed by atoms with Crippen molar-refractivity contribution in [2.45, 2.75) is 45.2 Å². The van der Waals surface area contributed by atoms with Crippen LogP contribution in [0.4, 0.5) is 15.9 Å². The number of aromatic nitrogens is 4. The number of halogens is 2. The molecule has 170 valence electrons. The van der Waals surface area contributed by atoms with E-state index in [9.17, 15) is 9.18 Å². The Morgan fingerprint density at radius 1 is 1.38 bits per heavy atom. The lowest BCUT2D eigenvalue weighted by molar-refractivity contribution is -0.123. The van der Waals surface area contributed by atoms with E-state index in [4.69, 9.17) is 11.6 Å². The van der Waals surface area contributed by atoms with E-state index in [-0.39, 0.29) is 22.9 Å². The lowest BCUT2D eigenvalue weighted by Gasteiger charge is -2.35. The fraction of sp³-hybridized carbons (Fsp3) is 0.455. The van der Waals surface area contributed by atoms with Crippen molar-refractivity contribution < 1.29 is 9.18 Å². The topological polar surface area (TPSA) is 98.8 Å². The van der Waals surface area contributed by atoms with Crippen LogP contribution in [0.1, 0.15) is 33.1 Å². The molecule has 10 heteroatoms. The van der Waals surface area contributed by atoms with Crippen molar-refractivity contribution >= 4 is 40.0 Å². The molecule has 1 saturated heterocycles. The SMILES string of the molecule is CC[C@@H](C)[C@@H](Nc1cc(F)cc(Cl)c1)C(=O)N[C@@H]1CCCN(c2ncnc3[nH]ncc23)C1. The van der Waals surface area contributed by atoms with Gasteiger partial charge in [-0.15, -0.1) is 0 Å². The van der Waals surface area contributed by atoms with Crippen LogP contribution in [0.2, 0.25) is 5.02 Å². The molecule has 1 aliphatic rings. The Morgan fingerprint density at radius 2 is 2.22 bits per heavy atom. The summed E-state index contributed by atoms with van der Waals surface area (Å²) in [5, 5.41) is 14.4. The molecule has 0 spiro atoms. The molecule has 0 radical (unpaired) electrons. The van der Waals surface area contributed by atoms with Crippen LogP contribution in [0.25, 0.3) is 11.0 Å². The highest BCUT2D eigenvalue weighted by Crippen LogP contribution is 2.25. The monoisotopic (exact) mass is 459 g/mol. The van der Waals surface area contributed by atoms with E-state index in [0.29, 0.717) is 17.9 Å². The van der Waals surface area contributed by atoms with Crippen LogP contribution in [0, 0.1) is 11.7 Å². The summed E-state index contributed by atoms with van der Waals surface area (Å²) in [7, 11) is 0. The minimum Gasteiger partial charge on any atom is -0.373 e. The van der Waals surface area contributed by atoms with Crippen molar-refractivity contribution in [2.24, 2.45) is 5.92 Å². The zero-order chi connectivity index (χ0) is 22.7. The third kappa shape index (κ3) is 4.93. The lowest BCUT2D eigenvalue weighted by atomic mass is 9.96. The third-order valence-corrected chi connectivity index (χ3v) is 6.19. The summed E-state index contributed by atoms with van der Waals surface area (Å²) in [6, 6.07) is 3.68. The number of carbonyl (C=O) groups excluding carboxylic acids is 1. The van der Waals surface area contributed by atoms with E-state index < -0.39 is 11.9 Å². The van der Waals surface area contributed by atoms with Gasteiger partial charge in [0.2, 0.25) is 5.91 Å². The molecule has 3 aromatic rings. The lowest BCUT2D eigenvalue weighted by Crippen LogP contribution is -2.53.